The molecule has 0 N–H and O–H groups in total. The number of amides is 1. The molecule has 0 aromatic carbocycles. The van der Waals surface area contributed by atoms with Gasteiger partial charge in [-0.2, -0.15) is 5.26 Å². The summed E-state index contributed by atoms with van der Waals surface area (Å²) in [4.78, 5) is 26.6. The summed E-state index contributed by atoms with van der Waals surface area (Å²) in [6, 6.07) is 2.15. The first-order valence-electron chi connectivity index (χ1n) is 9.65. The quantitative estimate of drug-likeness (QED) is 0.498. The number of hydrogen-bond donors (Lipinski definition) is 0. The van der Waals surface area contributed by atoms with Crippen LogP contribution in [0.15, 0.2) is 36.5 Å². The zero-order chi connectivity index (χ0) is 21.4. The van der Waals surface area contributed by atoms with E-state index in [4.69, 9.17) is 9.47 Å². The second-order valence-electron chi connectivity index (χ2n) is 7.79. The lowest BCUT2D eigenvalue weighted by Crippen LogP contribution is -2.49. The maximum Gasteiger partial charge on any atom is 0.410 e. The Kier molecular flexibility index (Phi) is 8.49. The second-order valence-corrected chi connectivity index (χ2v) is 7.79. The molecule has 1 heterocycles. The highest BCUT2D eigenvalue weighted by Crippen LogP contribution is 2.46. The van der Waals surface area contributed by atoms with E-state index in [1.807, 2.05) is 45.9 Å². The van der Waals surface area contributed by atoms with Crippen molar-refractivity contribution in [2.75, 3.05) is 19.7 Å². The Bertz CT molecular complexity index is 672. The Morgan fingerprint density at radius 2 is 1.93 bits per heavy atom. The van der Waals surface area contributed by atoms with Crippen LogP contribution in [0.25, 0.3) is 0 Å². The van der Waals surface area contributed by atoms with Crippen LogP contribution in [0.3, 0.4) is 0 Å². The number of carbonyl (C=O) groups is 2. The van der Waals surface area contributed by atoms with Crippen molar-refractivity contribution in [1.29, 1.82) is 5.26 Å². The van der Waals surface area contributed by atoms with Gasteiger partial charge in [0, 0.05) is 18.5 Å². The summed E-state index contributed by atoms with van der Waals surface area (Å²) in [5, 5.41) is 9.80. The summed E-state index contributed by atoms with van der Waals surface area (Å²) in [5.74, 6) is -1.51. The molecule has 0 spiro atoms. The van der Waals surface area contributed by atoms with Gasteiger partial charge in [0.05, 0.1) is 12.7 Å². The minimum absolute atomic E-state index is 0.207. The number of piperidine rings is 1. The lowest BCUT2D eigenvalue weighted by atomic mass is 9.64. The molecule has 0 radical (unpaired) electrons. The van der Waals surface area contributed by atoms with Gasteiger partial charge in [-0.15, -0.1) is 0 Å². The molecule has 1 fully saturated rings. The molecule has 1 aliphatic heterocycles. The number of esters is 1. The molecular weight excluding hydrogens is 356 g/mol. The predicted octanol–water partition coefficient (Wildman–Crippen LogP) is 4.40. The first kappa shape index (κ1) is 23.5. The Labute approximate surface area is 168 Å². The molecule has 6 nitrogen and oxygen atoms in total. The first-order valence-corrected chi connectivity index (χ1v) is 9.65. The predicted molar refractivity (Wildman–Crippen MR) is 108 cm³/mol. The molecule has 1 aliphatic rings. The van der Waals surface area contributed by atoms with E-state index in [2.05, 4.69) is 12.6 Å². The van der Waals surface area contributed by atoms with Crippen molar-refractivity contribution in [3.63, 3.8) is 0 Å². The van der Waals surface area contributed by atoms with E-state index in [0.717, 1.165) is 5.57 Å². The summed E-state index contributed by atoms with van der Waals surface area (Å²) in [6.45, 7) is 13.9. The molecule has 0 bridgehead atoms. The standard InChI is InChI=1S/C22H32N2O4/c1-7-10-11-17(8-2)22(18(16-23)19(25)27-9-3)12-14-24(15-13-22)20(26)28-21(4,5)6/h7-8,10-11,18H,2,9,12-15H2,1,3-6H3/b10-7-,17-11+. The maximum absolute atomic E-state index is 12.5. The molecule has 0 aliphatic carbocycles. The van der Waals surface area contributed by atoms with Crippen molar-refractivity contribution in [2.24, 2.45) is 11.3 Å². The van der Waals surface area contributed by atoms with Gasteiger partial charge in [-0.05, 0) is 53.0 Å². The highest BCUT2D eigenvalue weighted by Gasteiger charge is 2.48. The third-order valence-corrected chi connectivity index (χ3v) is 4.77. The molecule has 6 heteroatoms. The molecule has 0 saturated carbocycles. The summed E-state index contributed by atoms with van der Waals surface area (Å²) < 4.78 is 10.6. The fourth-order valence-electron chi connectivity index (χ4n) is 3.42. The van der Waals surface area contributed by atoms with E-state index in [1.165, 1.54) is 0 Å². The average molecular weight is 389 g/mol. The van der Waals surface area contributed by atoms with Gasteiger partial charge in [0.1, 0.15) is 5.60 Å². The van der Waals surface area contributed by atoms with Gasteiger partial charge in [-0.25, -0.2) is 4.79 Å². The van der Waals surface area contributed by atoms with Crippen LogP contribution in [-0.2, 0) is 14.3 Å². The average Bonchev–Trinajstić information content (AvgIpc) is 2.62. The van der Waals surface area contributed by atoms with Crippen LogP contribution in [-0.4, -0.2) is 42.3 Å². The minimum atomic E-state index is -0.970. The van der Waals surface area contributed by atoms with Crippen molar-refractivity contribution in [3.8, 4) is 6.07 Å². The van der Waals surface area contributed by atoms with Crippen molar-refractivity contribution in [2.45, 2.75) is 53.1 Å². The smallest absolute Gasteiger partial charge is 0.410 e. The van der Waals surface area contributed by atoms with E-state index in [1.54, 1.807) is 17.9 Å². The highest BCUT2D eigenvalue weighted by molar-refractivity contribution is 5.77. The van der Waals surface area contributed by atoms with Crippen molar-refractivity contribution < 1.29 is 19.1 Å². The summed E-state index contributed by atoms with van der Waals surface area (Å²) in [7, 11) is 0. The lowest BCUT2D eigenvalue weighted by Gasteiger charge is -2.44. The molecule has 1 atom stereocenters. The largest absolute Gasteiger partial charge is 0.465 e. The Balaban J connectivity index is 3.22. The molecule has 1 amide bonds. The topological polar surface area (TPSA) is 79.6 Å². The molecule has 1 rings (SSSR count). The molecule has 0 aromatic heterocycles. The fourth-order valence-corrected chi connectivity index (χ4v) is 3.42. The molecule has 1 unspecified atom stereocenters. The maximum atomic E-state index is 12.5. The molecular formula is C22H32N2O4. The third kappa shape index (κ3) is 5.72. The fraction of sp³-hybridized carbons (Fsp3) is 0.591. The van der Waals surface area contributed by atoms with Crippen molar-refractivity contribution in [3.05, 3.63) is 36.5 Å². The number of allylic oxidation sites excluding steroid dienone is 5. The van der Waals surface area contributed by atoms with E-state index >= 15 is 0 Å². The van der Waals surface area contributed by atoms with Crippen LogP contribution in [0.2, 0.25) is 0 Å². The number of rotatable bonds is 6. The molecule has 0 aromatic rings. The summed E-state index contributed by atoms with van der Waals surface area (Å²) in [5.41, 5.74) is -0.543. The molecule has 154 valence electrons. The Morgan fingerprint density at radius 1 is 1.32 bits per heavy atom. The second kappa shape index (κ2) is 10.1. The van der Waals surface area contributed by atoms with E-state index in [9.17, 15) is 14.9 Å². The van der Waals surface area contributed by atoms with Gasteiger partial charge in [0.25, 0.3) is 0 Å². The van der Waals surface area contributed by atoms with Crippen LogP contribution in [0.1, 0.15) is 47.5 Å². The minimum Gasteiger partial charge on any atom is -0.465 e. The van der Waals surface area contributed by atoms with Crippen LogP contribution >= 0.6 is 0 Å². The lowest BCUT2D eigenvalue weighted by molar-refractivity contribution is -0.150. The zero-order valence-corrected chi connectivity index (χ0v) is 17.7. The third-order valence-electron chi connectivity index (χ3n) is 4.77. The van der Waals surface area contributed by atoms with Gasteiger partial charge < -0.3 is 14.4 Å². The summed E-state index contributed by atoms with van der Waals surface area (Å²) in [6.07, 6.45) is 7.80. The number of ether oxygens (including phenoxy) is 2. The van der Waals surface area contributed by atoms with Gasteiger partial charge in [-0.1, -0.05) is 30.9 Å². The van der Waals surface area contributed by atoms with Crippen LogP contribution in [0.5, 0.6) is 0 Å². The Morgan fingerprint density at radius 3 is 2.36 bits per heavy atom. The SMILES string of the molecule is C=C/C(=C\C=C/C)C1(C(C#N)C(=O)OCC)CCN(C(=O)OC(C)(C)C)CC1. The number of nitriles is 1. The number of likely N-dealkylation sites (tertiary alicyclic amines) is 1. The van der Waals surface area contributed by atoms with Crippen LogP contribution in [0.4, 0.5) is 4.79 Å². The first-order chi connectivity index (χ1) is 13.1. The van der Waals surface area contributed by atoms with E-state index < -0.39 is 22.9 Å². The van der Waals surface area contributed by atoms with Gasteiger partial charge in [0.2, 0.25) is 0 Å². The van der Waals surface area contributed by atoms with Gasteiger partial charge >= 0.3 is 12.1 Å². The van der Waals surface area contributed by atoms with Crippen LogP contribution < -0.4 is 0 Å². The Hall–Kier alpha value is -2.55. The normalized spacial score (nSPS) is 18.3. The van der Waals surface area contributed by atoms with E-state index in [0.29, 0.717) is 25.9 Å². The molecule has 28 heavy (non-hydrogen) atoms. The number of nitrogens with zero attached hydrogens (tertiary/aromatic N) is 2. The van der Waals surface area contributed by atoms with Gasteiger partial charge in [0.15, 0.2) is 5.92 Å². The monoisotopic (exact) mass is 388 g/mol. The van der Waals surface area contributed by atoms with Gasteiger partial charge in [-0.3, -0.25) is 4.79 Å². The van der Waals surface area contributed by atoms with Crippen LogP contribution in [0, 0.1) is 22.7 Å². The van der Waals surface area contributed by atoms with E-state index in [-0.39, 0.29) is 12.7 Å². The summed E-state index contributed by atoms with van der Waals surface area (Å²) >= 11 is 0. The highest BCUT2D eigenvalue weighted by atomic mass is 16.6. The molecule has 1 saturated heterocycles. The van der Waals surface area contributed by atoms with Crippen molar-refractivity contribution >= 4 is 12.1 Å². The number of carbonyl (C=O) groups excluding carboxylic acids is 2. The zero-order valence-electron chi connectivity index (χ0n) is 17.7. The van der Waals surface area contributed by atoms with Crippen molar-refractivity contribution in [1.82, 2.24) is 4.90 Å². The number of hydrogen-bond acceptors (Lipinski definition) is 5.